The molecule has 2 aliphatic heterocycles. The zero-order valence-corrected chi connectivity index (χ0v) is 20.1. The van der Waals surface area contributed by atoms with E-state index in [4.69, 9.17) is 9.47 Å². The van der Waals surface area contributed by atoms with Crippen LogP contribution < -0.4 is 25.0 Å². The number of nitrogens with one attached hydrogen (secondary N) is 2. The molecule has 1 amide bonds. The van der Waals surface area contributed by atoms with Gasteiger partial charge in [0.25, 0.3) is 5.91 Å². The molecular formula is C28H32N4O3. The van der Waals surface area contributed by atoms with Crippen LogP contribution in [-0.4, -0.2) is 42.9 Å². The second-order valence-corrected chi connectivity index (χ2v) is 9.27. The molecule has 0 aliphatic carbocycles. The summed E-state index contributed by atoms with van der Waals surface area (Å²) in [6.45, 7) is 4.93. The van der Waals surface area contributed by atoms with Gasteiger partial charge >= 0.3 is 0 Å². The first kappa shape index (κ1) is 23.2. The third-order valence-electron chi connectivity index (χ3n) is 6.64. The van der Waals surface area contributed by atoms with E-state index >= 15 is 0 Å². The Morgan fingerprint density at radius 1 is 1.06 bits per heavy atom. The second-order valence-electron chi connectivity index (χ2n) is 9.27. The number of hydrogen-bond acceptors (Lipinski definition) is 6. The highest BCUT2D eigenvalue weighted by molar-refractivity contribution is 5.94. The molecule has 2 aromatic carbocycles. The lowest BCUT2D eigenvalue weighted by Crippen LogP contribution is -2.46. The zero-order valence-electron chi connectivity index (χ0n) is 20.1. The largest absolute Gasteiger partial charge is 0.454 e. The number of amides is 1. The highest BCUT2D eigenvalue weighted by Crippen LogP contribution is 2.32. The molecule has 182 valence electrons. The molecule has 1 saturated heterocycles. The van der Waals surface area contributed by atoms with Crippen LogP contribution in [0.15, 0.2) is 66.9 Å². The van der Waals surface area contributed by atoms with Gasteiger partial charge in [0.15, 0.2) is 11.5 Å². The van der Waals surface area contributed by atoms with E-state index in [0.717, 1.165) is 60.8 Å². The van der Waals surface area contributed by atoms with E-state index in [1.165, 1.54) is 0 Å². The van der Waals surface area contributed by atoms with Crippen molar-refractivity contribution in [2.24, 2.45) is 0 Å². The molecule has 7 nitrogen and oxygen atoms in total. The SMILES string of the molecule is CC(Cc1ccccn1)NC1CCN(c2ccc(C(=O)NCc3ccc4c(c3)OCO4)cc2)CC1. The maximum atomic E-state index is 12.6. The molecule has 1 atom stereocenters. The minimum atomic E-state index is -0.0842. The van der Waals surface area contributed by atoms with Gasteiger partial charge in [0.1, 0.15) is 0 Å². The Balaban J connectivity index is 1.07. The zero-order chi connectivity index (χ0) is 24.0. The number of piperidine rings is 1. The minimum Gasteiger partial charge on any atom is -0.454 e. The number of nitrogens with zero attached hydrogens (tertiary/aromatic N) is 2. The molecule has 2 N–H and O–H groups in total. The first-order valence-corrected chi connectivity index (χ1v) is 12.3. The number of benzene rings is 2. The van der Waals surface area contributed by atoms with Crippen LogP contribution >= 0.6 is 0 Å². The van der Waals surface area contributed by atoms with Crippen molar-refractivity contribution in [1.29, 1.82) is 0 Å². The number of ether oxygens (including phenoxy) is 2. The number of carbonyl (C=O) groups is 1. The highest BCUT2D eigenvalue weighted by atomic mass is 16.7. The molecule has 35 heavy (non-hydrogen) atoms. The number of carbonyl (C=O) groups excluding carboxylic acids is 1. The summed E-state index contributed by atoms with van der Waals surface area (Å²) in [6.07, 6.45) is 5.00. The lowest BCUT2D eigenvalue weighted by Gasteiger charge is -2.35. The van der Waals surface area contributed by atoms with Crippen molar-refractivity contribution in [2.45, 2.75) is 44.8 Å². The molecule has 7 heteroatoms. The normalized spacial score (nSPS) is 16.2. The molecule has 3 heterocycles. The molecular weight excluding hydrogens is 440 g/mol. The molecule has 5 rings (SSSR count). The van der Waals surface area contributed by atoms with E-state index < -0.39 is 0 Å². The summed E-state index contributed by atoms with van der Waals surface area (Å²) in [4.78, 5) is 19.5. The summed E-state index contributed by atoms with van der Waals surface area (Å²) >= 11 is 0. The Labute approximate surface area is 206 Å². The quantitative estimate of drug-likeness (QED) is 0.518. The van der Waals surface area contributed by atoms with Gasteiger partial charge in [-0.3, -0.25) is 9.78 Å². The van der Waals surface area contributed by atoms with Gasteiger partial charge in [-0.2, -0.15) is 0 Å². The fraction of sp³-hybridized carbons (Fsp3) is 0.357. The summed E-state index contributed by atoms with van der Waals surface area (Å²) in [6, 6.07) is 20.6. The van der Waals surface area contributed by atoms with Crippen molar-refractivity contribution >= 4 is 11.6 Å². The van der Waals surface area contributed by atoms with E-state index in [0.29, 0.717) is 24.2 Å². The average molecular weight is 473 g/mol. The molecule has 3 aromatic rings. The minimum absolute atomic E-state index is 0.0842. The van der Waals surface area contributed by atoms with Crippen LogP contribution in [0.1, 0.15) is 41.4 Å². The van der Waals surface area contributed by atoms with Crippen molar-refractivity contribution in [2.75, 3.05) is 24.8 Å². The third-order valence-corrected chi connectivity index (χ3v) is 6.64. The van der Waals surface area contributed by atoms with Gasteiger partial charge < -0.3 is 25.0 Å². The lowest BCUT2D eigenvalue weighted by atomic mass is 10.0. The van der Waals surface area contributed by atoms with Crippen LogP contribution in [0, 0.1) is 0 Å². The first-order valence-electron chi connectivity index (χ1n) is 12.3. The standard InChI is InChI=1S/C28H32N4O3/c1-20(16-24-4-2-3-13-29-24)31-23-11-14-32(15-12-23)25-8-6-22(7-9-25)28(33)30-18-21-5-10-26-27(17-21)35-19-34-26/h2-10,13,17,20,23,31H,11-12,14-16,18-19H2,1H3,(H,30,33). The Morgan fingerprint density at radius 3 is 2.63 bits per heavy atom. The van der Waals surface area contributed by atoms with Gasteiger partial charge in [0.05, 0.1) is 0 Å². The number of aromatic nitrogens is 1. The fourth-order valence-electron chi connectivity index (χ4n) is 4.76. The fourth-order valence-corrected chi connectivity index (χ4v) is 4.76. The van der Waals surface area contributed by atoms with Crippen LogP contribution in [0.2, 0.25) is 0 Å². The molecule has 1 unspecified atom stereocenters. The van der Waals surface area contributed by atoms with Gasteiger partial charge in [0, 0.05) is 61.3 Å². The first-order chi connectivity index (χ1) is 17.1. The number of rotatable bonds is 8. The predicted octanol–water partition coefficient (Wildman–Crippen LogP) is 3.93. The van der Waals surface area contributed by atoms with E-state index in [2.05, 4.69) is 33.5 Å². The maximum absolute atomic E-state index is 12.6. The molecule has 0 saturated carbocycles. The molecule has 1 fully saturated rings. The van der Waals surface area contributed by atoms with Crippen molar-refractivity contribution in [3.05, 3.63) is 83.7 Å². The summed E-state index contributed by atoms with van der Waals surface area (Å²) in [5.74, 6) is 1.39. The third kappa shape index (κ3) is 5.92. The molecule has 0 bridgehead atoms. The van der Waals surface area contributed by atoms with Crippen LogP contribution in [0.5, 0.6) is 11.5 Å². The summed E-state index contributed by atoms with van der Waals surface area (Å²) < 4.78 is 10.7. The van der Waals surface area contributed by atoms with Crippen LogP contribution in [-0.2, 0) is 13.0 Å². The Kier molecular flexibility index (Phi) is 7.14. The number of fused-ring (bicyclic) bond motifs is 1. The van der Waals surface area contributed by atoms with Crippen LogP contribution in [0.4, 0.5) is 5.69 Å². The van der Waals surface area contributed by atoms with E-state index in [9.17, 15) is 4.79 Å². The summed E-state index contributed by atoms with van der Waals surface area (Å²) in [5, 5.41) is 6.76. The van der Waals surface area contributed by atoms with Gasteiger partial charge in [-0.1, -0.05) is 12.1 Å². The van der Waals surface area contributed by atoms with Crippen molar-refractivity contribution in [3.8, 4) is 11.5 Å². The highest BCUT2D eigenvalue weighted by Gasteiger charge is 2.21. The van der Waals surface area contributed by atoms with E-state index in [-0.39, 0.29) is 12.7 Å². The van der Waals surface area contributed by atoms with Gasteiger partial charge in [-0.05, 0) is 73.9 Å². The molecule has 2 aliphatic rings. The van der Waals surface area contributed by atoms with E-state index in [1.54, 1.807) is 0 Å². The average Bonchev–Trinajstić information content (AvgIpc) is 3.36. The molecule has 0 spiro atoms. The van der Waals surface area contributed by atoms with E-state index in [1.807, 2.05) is 60.8 Å². The van der Waals surface area contributed by atoms with Crippen molar-refractivity contribution in [1.82, 2.24) is 15.6 Å². The predicted molar refractivity (Wildman–Crippen MR) is 136 cm³/mol. The maximum Gasteiger partial charge on any atom is 0.251 e. The molecule has 0 radical (unpaired) electrons. The Bertz CT molecular complexity index is 1130. The topological polar surface area (TPSA) is 75.7 Å². The Hall–Kier alpha value is -3.58. The monoisotopic (exact) mass is 472 g/mol. The van der Waals surface area contributed by atoms with Gasteiger partial charge in [-0.15, -0.1) is 0 Å². The lowest BCUT2D eigenvalue weighted by molar-refractivity contribution is 0.0951. The van der Waals surface area contributed by atoms with Crippen LogP contribution in [0.25, 0.3) is 0 Å². The molecule has 1 aromatic heterocycles. The van der Waals surface area contributed by atoms with Crippen LogP contribution in [0.3, 0.4) is 0 Å². The van der Waals surface area contributed by atoms with Crippen molar-refractivity contribution < 1.29 is 14.3 Å². The number of hydrogen-bond donors (Lipinski definition) is 2. The summed E-state index contributed by atoms with van der Waals surface area (Å²) in [5.41, 5.74) is 3.93. The summed E-state index contributed by atoms with van der Waals surface area (Å²) in [7, 11) is 0. The van der Waals surface area contributed by atoms with Gasteiger partial charge in [-0.25, -0.2) is 0 Å². The Morgan fingerprint density at radius 2 is 1.86 bits per heavy atom. The van der Waals surface area contributed by atoms with Gasteiger partial charge in [0.2, 0.25) is 6.79 Å². The van der Waals surface area contributed by atoms with Crippen molar-refractivity contribution in [3.63, 3.8) is 0 Å². The number of pyridine rings is 1. The smallest absolute Gasteiger partial charge is 0.251 e. The second kappa shape index (κ2) is 10.8. The number of anilines is 1.